The van der Waals surface area contributed by atoms with E-state index < -0.39 is 5.41 Å². The number of nitrogens with zero attached hydrogens (tertiary/aromatic N) is 4. The van der Waals surface area contributed by atoms with E-state index in [2.05, 4.69) is 22.1 Å². The molecule has 2 aromatic rings. The van der Waals surface area contributed by atoms with Crippen LogP contribution >= 0.6 is 0 Å². The molecule has 0 spiro atoms. The standard InChI is InChI=1S/C27H36N4O2/c1-30(2)26(33)27(16-22-10-5-6-11-24(22)23-17-28-20-29-18-23)14-7-15-31(19-27)25(32)13-12-21-8-3-4-9-21/h5-6,10-11,17-18,20-21H,3-4,7-9,12-16,19H2,1-2H3/t27-/m1/s1. The summed E-state index contributed by atoms with van der Waals surface area (Å²) in [6.45, 7) is 1.24. The van der Waals surface area contributed by atoms with Crippen molar-refractivity contribution in [2.24, 2.45) is 11.3 Å². The first-order chi connectivity index (χ1) is 16.0. The van der Waals surface area contributed by atoms with Gasteiger partial charge in [0.1, 0.15) is 6.33 Å². The van der Waals surface area contributed by atoms with Crippen molar-refractivity contribution in [2.75, 3.05) is 27.2 Å². The van der Waals surface area contributed by atoms with Crippen molar-refractivity contribution >= 4 is 11.8 Å². The normalized spacial score (nSPS) is 21.2. The molecule has 1 aromatic heterocycles. The van der Waals surface area contributed by atoms with Crippen LogP contribution in [0.15, 0.2) is 43.0 Å². The third-order valence-electron chi connectivity index (χ3n) is 7.45. The van der Waals surface area contributed by atoms with Gasteiger partial charge in [0.05, 0.1) is 5.41 Å². The predicted octanol–water partition coefficient (Wildman–Crippen LogP) is 4.35. The summed E-state index contributed by atoms with van der Waals surface area (Å²) < 4.78 is 0. The van der Waals surface area contributed by atoms with Gasteiger partial charge >= 0.3 is 0 Å². The first-order valence-corrected chi connectivity index (χ1v) is 12.3. The highest BCUT2D eigenvalue weighted by Gasteiger charge is 2.44. The molecule has 2 amide bonds. The van der Waals surface area contributed by atoms with E-state index >= 15 is 0 Å². The molecule has 0 bridgehead atoms. The summed E-state index contributed by atoms with van der Waals surface area (Å²) in [5, 5.41) is 0. The van der Waals surface area contributed by atoms with Crippen LogP contribution < -0.4 is 0 Å². The van der Waals surface area contributed by atoms with E-state index in [4.69, 9.17) is 0 Å². The lowest BCUT2D eigenvalue weighted by molar-refractivity contribution is -0.147. The number of carbonyl (C=O) groups excluding carboxylic acids is 2. The second kappa shape index (κ2) is 10.4. The SMILES string of the molecule is CN(C)C(=O)[C@@]1(Cc2ccccc2-c2cncnc2)CCCN(C(=O)CCC2CCCC2)C1. The number of rotatable bonds is 7. The van der Waals surface area contributed by atoms with Crippen LogP contribution in [0.3, 0.4) is 0 Å². The van der Waals surface area contributed by atoms with Gasteiger partial charge in [-0.2, -0.15) is 0 Å². The van der Waals surface area contributed by atoms with Crippen LogP contribution in [0, 0.1) is 11.3 Å². The van der Waals surface area contributed by atoms with Crippen LogP contribution in [0.2, 0.25) is 0 Å². The maximum atomic E-state index is 13.6. The Morgan fingerprint density at radius 3 is 2.55 bits per heavy atom. The molecule has 176 valence electrons. The summed E-state index contributed by atoms with van der Waals surface area (Å²) in [5.41, 5.74) is 2.48. The van der Waals surface area contributed by atoms with Gasteiger partial charge in [0.25, 0.3) is 0 Å². The predicted molar refractivity (Wildman–Crippen MR) is 129 cm³/mol. The Bertz CT molecular complexity index is 956. The average molecular weight is 449 g/mol. The van der Waals surface area contributed by atoms with Crippen LogP contribution in [0.4, 0.5) is 0 Å². The maximum Gasteiger partial charge on any atom is 0.230 e. The number of hydrogen-bond acceptors (Lipinski definition) is 4. The van der Waals surface area contributed by atoms with Crippen LogP contribution in [0.5, 0.6) is 0 Å². The van der Waals surface area contributed by atoms with Gasteiger partial charge in [0.2, 0.25) is 11.8 Å². The minimum Gasteiger partial charge on any atom is -0.348 e. The molecule has 6 nitrogen and oxygen atoms in total. The van der Waals surface area contributed by atoms with Crippen molar-refractivity contribution in [3.8, 4) is 11.1 Å². The number of amides is 2. The van der Waals surface area contributed by atoms with Gasteiger partial charge in [-0.15, -0.1) is 0 Å². The first-order valence-electron chi connectivity index (χ1n) is 12.3. The molecule has 1 aliphatic carbocycles. The van der Waals surface area contributed by atoms with Gasteiger partial charge in [-0.1, -0.05) is 49.9 Å². The quantitative estimate of drug-likeness (QED) is 0.631. The molecule has 1 atom stereocenters. The topological polar surface area (TPSA) is 66.4 Å². The Morgan fingerprint density at radius 1 is 1.09 bits per heavy atom. The minimum atomic E-state index is -0.615. The van der Waals surface area contributed by atoms with E-state index in [1.54, 1.807) is 4.90 Å². The second-order valence-electron chi connectivity index (χ2n) is 10.0. The lowest BCUT2D eigenvalue weighted by Crippen LogP contribution is -2.54. The number of likely N-dealkylation sites (tertiary alicyclic amines) is 1. The zero-order valence-corrected chi connectivity index (χ0v) is 20.0. The minimum absolute atomic E-state index is 0.106. The van der Waals surface area contributed by atoms with E-state index in [1.165, 1.54) is 32.0 Å². The molecule has 0 unspecified atom stereocenters. The molecule has 1 aromatic carbocycles. The number of hydrogen-bond donors (Lipinski definition) is 0. The van der Waals surface area contributed by atoms with E-state index in [0.717, 1.165) is 42.5 Å². The molecule has 1 aliphatic heterocycles. The van der Waals surface area contributed by atoms with Crippen LogP contribution in [0.1, 0.15) is 56.9 Å². The Kier molecular flexibility index (Phi) is 7.41. The Morgan fingerprint density at radius 2 is 1.82 bits per heavy atom. The number of carbonyl (C=O) groups is 2. The lowest BCUT2D eigenvalue weighted by Gasteiger charge is -2.43. The van der Waals surface area contributed by atoms with Crippen molar-refractivity contribution < 1.29 is 9.59 Å². The molecule has 1 saturated heterocycles. The van der Waals surface area contributed by atoms with Crippen molar-refractivity contribution in [3.63, 3.8) is 0 Å². The molecular formula is C27H36N4O2. The molecule has 6 heteroatoms. The van der Waals surface area contributed by atoms with Gasteiger partial charge in [0.15, 0.2) is 0 Å². The zero-order valence-electron chi connectivity index (χ0n) is 20.0. The fourth-order valence-electron chi connectivity index (χ4n) is 5.76. The first kappa shape index (κ1) is 23.4. The maximum absolute atomic E-state index is 13.6. The molecule has 2 aliphatic rings. The van der Waals surface area contributed by atoms with E-state index in [1.807, 2.05) is 43.5 Å². The largest absolute Gasteiger partial charge is 0.348 e. The zero-order chi connectivity index (χ0) is 23.3. The molecule has 2 heterocycles. The van der Waals surface area contributed by atoms with E-state index in [-0.39, 0.29) is 11.8 Å². The summed E-state index contributed by atoms with van der Waals surface area (Å²) in [6, 6.07) is 8.18. The van der Waals surface area contributed by atoms with Gasteiger partial charge in [-0.3, -0.25) is 9.59 Å². The molecule has 33 heavy (non-hydrogen) atoms. The number of piperidine rings is 1. The Hall–Kier alpha value is -2.76. The summed E-state index contributed by atoms with van der Waals surface area (Å²) in [6.07, 6.45) is 14.1. The number of aromatic nitrogens is 2. The fraction of sp³-hybridized carbons (Fsp3) is 0.556. The molecule has 1 saturated carbocycles. The molecular weight excluding hydrogens is 412 g/mol. The van der Waals surface area contributed by atoms with Gasteiger partial charge in [0, 0.05) is 51.6 Å². The highest BCUT2D eigenvalue weighted by atomic mass is 16.2. The molecule has 0 radical (unpaired) electrons. The van der Waals surface area contributed by atoms with Crippen LogP contribution in [0.25, 0.3) is 11.1 Å². The highest BCUT2D eigenvalue weighted by Crippen LogP contribution is 2.38. The molecule has 4 rings (SSSR count). The van der Waals surface area contributed by atoms with Crippen molar-refractivity contribution in [1.82, 2.24) is 19.8 Å². The summed E-state index contributed by atoms with van der Waals surface area (Å²) in [4.78, 5) is 38.7. The van der Waals surface area contributed by atoms with E-state index in [9.17, 15) is 9.59 Å². The summed E-state index contributed by atoms with van der Waals surface area (Å²) in [7, 11) is 3.64. The molecule has 0 N–H and O–H groups in total. The summed E-state index contributed by atoms with van der Waals surface area (Å²) in [5.74, 6) is 1.02. The Labute approximate surface area is 197 Å². The molecule has 2 fully saturated rings. The summed E-state index contributed by atoms with van der Waals surface area (Å²) >= 11 is 0. The lowest BCUT2D eigenvalue weighted by atomic mass is 9.73. The third kappa shape index (κ3) is 5.43. The van der Waals surface area contributed by atoms with Crippen LogP contribution in [-0.2, 0) is 16.0 Å². The fourth-order valence-corrected chi connectivity index (χ4v) is 5.76. The van der Waals surface area contributed by atoms with Crippen molar-refractivity contribution in [1.29, 1.82) is 0 Å². The van der Waals surface area contributed by atoms with Gasteiger partial charge < -0.3 is 9.80 Å². The third-order valence-corrected chi connectivity index (χ3v) is 7.45. The van der Waals surface area contributed by atoms with Gasteiger partial charge in [-0.05, 0) is 42.7 Å². The highest BCUT2D eigenvalue weighted by molar-refractivity contribution is 5.85. The van der Waals surface area contributed by atoms with Gasteiger partial charge in [-0.25, -0.2) is 9.97 Å². The van der Waals surface area contributed by atoms with Crippen molar-refractivity contribution in [2.45, 2.75) is 57.8 Å². The average Bonchev–Trinajstić information content (AvgIpc) is 3.37. The Balaban J connectivity index is 1.57. The monoisotopic (exact) mass is 448 g/mol. The van der Waals surface area contributed by atoms with Crippen LogP contribution in [-0.4, -0.2) is 58.8 Å². The van der Waals surface area contributed by atoms with Crippen molar-refractivity contribution in [3.05, 3.63) is 48.5 Å². The van der Waals surface area contributed by atoms with E-state index in [0.29, 0.717) is 25.3 Å². The smallest absolute Gasteiger partial charge is 0.230 e. The second-order valence-corrected chi connectivity index (χ2v) is 10.0. The number of benzene rings is 1.